The summed E-state index contributed by atoms with van der Waals surface area (Å²) in [6, 6.07) is 6.42. The fourth-order valence-electron chi connectivity index (χ4n) is 2.19. The fourth-order valence-corrected chi connectivity index (χ4v) is 2.19. The molecule has 1 heterocycles. The number of fused-ring (bicyclic) bond motifs is 1. The molecule has 0 bridgehead atoms. The third kappa shape index (κ3) is 3.13. The van der Waals surface area contributed by atoms with E-state index in [9.17, 15) is 0 Å². The zero-order chi connectivity index (χ0) is 12.1. The molecule has 0 amide bonds. The molecule has 0 fully saturated rings. The number of anilines is 1. The van der Waals surface area contributed by atoms with E-state index in [0.717, 1.165) is 38.5 Å². The van der Waals surface area contributed by atoms with Crippen molar-refractivity contribution in [2.45, 2.75) is 20.3 Å². The molecule has 0 saturated carbocycles. The molecule has 0 atom stereocenters. The van der Waals surface area contributed by atoms with Gasteiger partial charge in [-0.1, -0.05) is 13.0 Å². The van der Waals surface area contributed by atoms with E-state index in [1.807, 2.05) is 0 Å². The number of hydrogen-bond acceptors (Lipinski definition) is 3. The average molecular weight is 234 g/mol. The van der Waals surface area contributed by atoms with E-state index < -0.39 is 0 Å². The number of rotatable bonds is 5. The zero-order valence-electron chi connectivity index (χ0n) is 10.8. The first-order chi connectivity index (χ1) is 8.31. The van der Waals surface area contributed by atoms with Crippen molar-refractivity contribution in [2.24, 2.45) is 0 Å². The van der Waals surface area contributed by atoms with Gasteiger partial charge in [-0.05, 0) is 44.1 Å². The number of nitrogens with zero attached hydrogens (tertiary/aromatic N) is 1. The second-order valence-corrected chi connectivity index (χ2v) is 4.51. The maximum Gasteiger partial charge on any atom is 0.142 e. The molecule has 0 unspecified atom stereocenters. The maximum absolute atomic E-state index is 5.68. The summed E-state index contributed by atoms with van der Waals surface area (Å²) >= 11 is 0. The number of aryl methyl sites for hydroxylation is 1. The first kappa shape index (κ1) is 12.2. The van der Waals surface area contributed by atoms with Crippen molar-refractivity contribution in [2.75, 3.05) is 37.7 Å². The summed E-state index contributed by atoms with van der Waals surface area (Å²) in [6.07, 6.45) is 1.18. The van der Waals surface area contributed by atoms with Gasteiger partial charge in [0.2, 0.25) is 0 Å². The van der Waals surface area contributed by atoms with E-state index in [1.54, 1.807) is 0 Å². The molecule has 0 aromatic heterocycles. The molecule has 3 heteroatoms. The van der Waals surface area contributed by atoms with Gasteiger partial charge in [0.05, 0.1) is 12.2 Å². The van der Waals surface area contributed by atoms with Gasteiger partial charge < -0.3 is 15.0 Å². The molecule has 1 aromatic rings. The Kier molecular flexibility index (Phi) is 4.26. The van der Waals surface area contributed by atoms with Gasteiger partial charge in [0.25, 0.3) is 0 Å². The van der Waals surface area contributed by atoms with Gasteiger partial charge in [0, 0.05) is 6.54 Å². The van der Waals surface area contributed by atoms with Gasteiger partial charge in [-0.3, -0.25) is 0 Å². The summed E-state index contributed by atoms with van der Waals surface area (Å²) in [7, 11) is 0. The lowest BCUT2D eigenvalue weighted by atomic mass is 10.1. The smallest absolute Gasteiger partial charge is 0.142 e. The highest BCUT2D eigenvalue weighted by atomic mass is 16.5. The second-order valence-electron chi connectivity index (χ2n) is 4.51. The molecular formula is C14H22N2O. The van der Waals surface area contributed by atoms with Crippen LogP contribution in [0.2, 0.25) is 0 Å². The van der Waals surface area contributed by atoms with Crippen molar-refractivity contribution in [3.63, 3.8) is 0 Å². The minimum Gasteiger partial charge on any atom is -0.490 e. The summed E-state index contributed by atoms with van der Waals surface area (Å²) in [6.45, 7) is 9.33. The molecule has 0 saturated heterocycles. The van der Waals surface area contributed by atoms with Crippen molar-refractivity contribution in [1.29, 1.82) is 0 Å². The first-order valence-electron chi connectivity index (χ1n) is 6.50. The Morgan fingerprint density at radius 3 is 3.12 bits per heavy atom. The quantitative estimate of drug-likeness (QED) is 0.790. The van der Waals surface area contributed by atoms with Crippen LogP contribution in [-0.4, -0.2) is 32.8 Å². The van der Waals surface area contributed by atoms with Crippen LogP contribution < -0.4 is 15.0 Å². The van der Waals surface area contributed by atoms with E-state index in [0.29, 0.717) is 0 Å². The summed E-state index contributed by atoms with van der Waals surface area (Å²) < 4.78 is 5.68. The fraction of sp³-hybridized carbons (Fsp3) is 0.571. The highest BCUT2D eigenvalue weighted by molar-refractivity contribution is 5.61. The van der Waals surface area contributed by atoms with Crippen molar-refractivity contribution in [1.82, 2.24) is 5.32 Å². The summed E-state index contributed by atoms with van der Waals surface area (Å²) in [5.41, 5.74) is 2.55. The minimum atomic E-state index is 0.803. The number of ether oxygens (including phenoxy) is 1. The molecule has 0 spiro atoms. The van der Waals surface area contributed by atoms with Crippen molar-refractivity contribution < 1.29 is 4.74 Å². The van der Waals surface area contributed by atoms with Crippen molar-refractivity contribution in [3.8, 4) is 5.75 Å². The zero-order valence-corrected chi connectivity index (χ0v) is 10.8. The number of benzene rings is 1. The summed E-state index contributed by atoms with van der Waals surface area (Å²) in [5.74, 6) is 1.03. The van der Waals surface area contributed by atoms with Crippen LogP contribution in [0.3, 0.4) is 0 Å². The van der Waals surface area contributed by atoms with Gasteiger partial charge in [-0.2, -0.15) is 0 Å². The normalized spacial score (nSPS) is 14.4. The van der Waals surface area contributed by atoms with Gasteiger partial charge in [-0.15, -0.1) is 0 Å². The largest absolute Gasteiger partial charge is 0.490 e. The van der Waals surface area contributed by atoms with Crippen LogP contribution in [-0.2, 0) is 0 Å². The third-order valence-corrected chi connectivity index (χ3v) is 3.11. The molecule has 1 aromatic carbocycles. The van der Waals surface area contributed by atoms with Crippen molar-refractivity contribution >= 4 is 5.69 Å². The lowest BCUT2D eigenvalue weighted by molar-refractivity contribution is 0.307. The van der Waals surface area contributed by atoms with Crippen LogP contribution in [0.25, 0.3) is 0 Å². The SMILES string of the molecule is CCNCCCN1CCOc2ccc(C)cc21. The molecular weight excluding hydrogens is 212 g/mol. The summed E-state index contributed by atoms with van der Waals surface area (Å²) in [4.78, 5) is 2.43. The standard InChI is InChI=1S/C14H22N2O/c1-3-15-7-4-8-16-9-10-17-14-6-5-12(2)11-13(14)16/h5-6,11,15H,3-4,7-10H2,1-2H3. The predicted octanol–water partition coefficient (Wildman–Crippen LogP) is 2.19. The average Bonchev–Trinajstić information content (AvgIpc) is 2.35. The second kappa shape index (κ2) is 5.92. The van der Waals surface area contributed by atoms with Gasteiger partial charge in [0.1, 0.15) is 12.4 Å². The molecule has 94 valence electrons. The molecule has 1 aliphatic rings. The number of hydrogen-bond donors (Lipinski definition) is 1. The van der Waals surface area contributed by atoms with Crippen LogP contribution in [0.1, 0.15) is 18.9 Å². The number of nitrogens with one attached hydrogen (secondary N) is 1. The van der Waals surface area contributed by atoms with Crippen LogP contribution in [0.4, 0.5) is 5.69 Å². The molecule has 1 N–H and O–H groups in total. The van der Waals surface area contributed by atoms with Gasteiger partial charge >= 0.3 is 0 Å². The van der Waals surface area contributed by atoms with E-state index in [1.165, 1.54) is 17.7 Å². The van der Waals surface area contributed by atoms with Crippen LogP contribution in [0.5, 0.6) is 5.75 Å². The van der Waals surface area contributed by atoms with Gasteiger partial charge in [-0.25, -0.2) is 0 Å². The lowest BCUT2D eigenvalue weighted by Crippen LogP contribution is -2.34. The predicted molar refractivity (Wildman–Crippen MR) is 72.0 cm³/mol. The van der Waals surface area contributed by atoms with Crippen molar-refractivity contribution in [3.05, 3.63) is 23.8 Å². The molecule has 0 radical (unpaired) electrons. The summed E-state index contributed by atoms with van der Waals surface area (Å²) in [5, 5.41) is 3.37. The van der Waals surface area contributed by atoms with Crippen LogP contribution >= 0.6 is 0 Å². The van der Waals surface area contributed by atoms with E-state index >= 15 is 0 Å². The van der Waals surface area contributed by atoms with Crippen LogP contribution in [0, 0.1) is 6.92 Å². The Bertz CT molecular complexity index is 365. The Balaban J connectivity index is 1.98. The molecule has 1 aliphatic heterocycles. The minimum absolute atomic E-state index is 0.803. The highest BCUT2D eigenvalue weighted by Gasteiger charge is 2.17. The third-order valence-electron chi connectivity index (χ3n) is 3.11. The Labute approximate surface area is 104 Å². The van der Waals surface area contributed by atoms with Crippen LogP contribution in [0.15, 0.2) is 18.2 Å². The van der Waals surface area contributed by atoms with E-state index in [-0.39, 0.29) is 0 Å². The molecule has 3 nitrogen and oxygen atoms in total. The highest BCUT2D eigenvalue weighted by Crippen LogP contribution is 2.32. The Morgan fingerprint density at radius 1 is 1.41 bits per heavy atom. The molecule has 17 heavy (non-hydrogen) atoms. The lowest BCUT2D eigenvalue weighted by Gasteiger charge is -2.31. The Hall–Kier alpha value is -1.22. The monoisotopic (exact) mass is 234 g/mol. The maximum atomic E-state index is 5.68. The topological polar surface area (TPSA) is 24.5 Å². The molecule has 0 aliphatic carbocycles. The van der Waals surface area contributed by atoms with E-state index in [4.69, 9.17) is 4.74 Å². The Morgan fingerprint density at radius 2 is 2.29 bits per heavy atom. The molecule has 2 rings (SSSR count). The van der Waals surface area contributed by atoms with Gasteiger partial charge in [0.15, 0.2) is 0 Å². The van der Waals surface area contributed by atoms with E-state index in [2.05, 4.69) is 42.3 Å². The first-order valence-corrected chi connectivity index (χ1v) is 6.50.